The van der Waals surface area contributed by atoms with Gasteiger partial charge in [-0.3, -0.25) is 14.9 Å². The summed E-state index contributed by atoms with van der Waals surface area (Å²) in [5, 5.41) is 8.75. The summed E-state index contributed by atoms with van der Waals surface area (Å²) in [4.78, 5) is 24.9. The molecule has 0 aliphatic heterocycles. The van der Waals surface area contributed by atoms with E-state index >= 15 is 0 Å². The van der Waals surface area contributed by atoms with Crippen molar-refractivity contribution < 1.29 is 9.59 Å². The summed E-state index contributed by atoms with van der Waals surface area (Å²) >= 11 is 5.25. The molecule has 0 saturated heterocycles. The van der Waals surface area contributed by atoms with Crippen molar-refractivity contribution in [1.82, 2.24) is 5.32 Å². The third-order valence-corrected chi connectivity index (χ3v) is 5.23. The van der Waals surface area contributed by atoms with Gasteiger partial charge in [-0.2, -0.15) is 0 Å². The predicted molar refractivity (Wildman–Crippen MR) is 134 cm³/mol. The summed E-state index contributed by atoms with van der Waals surface area (Å²) in [6.45, 7) is 8.28. The molecule has 164 valence electrons. The van der Waals surface area contributed by atoms with E-state index in [0.717, 1.165) is 5.56 Å². The Morgan fingerprint density at radius 3 is 1.88 bits per heavy atom. The van der Waals surface area contributed by atoms with Crippen LogP contribution in [-0.4, -0.2) is 16.9 Å². The lowest BCUT2D eigenvalue weighted by Crippen LogP contribution is -2.34. The van der Waals surface area contributed by atoms with Crippen molar-refractivity contribution in [2.75, 3.05) is 10.6 Å². The zero-order valence-corrected chi connectivity index (χ0v) is 19.5. The predicted octanol–water partition coefficient (Wildman–Crippen LogP) is 5.67. The highest BCUT2D eigenvalue weighted by molar-refractivity contribution is 7.80. The van der Waals surface area contributed by atoms with E-state index in [0.29, 0.717) is 22.5 Å². The summed E-state index contributed by atoms with van der Waals surface area (Å²) < 4.78 is 0. The maximum absolute atomic E-state index is 12.5. The first kappa shape index (κ1) is 23.2. The Labute approximate surface area is 194 Å². The number of aryl methyl sites for hydroxylation is 1. The van der Waals surface area contributed by atoms with Crippen molar-refractivity contribution in [3.63, 3.8) is 0 Å². The summed E-state index contributed by atoms with van der Waals surface area (Å²) in [6, 6.07) is 22.1. The molecule has 3 rings (SSSR count). The molecule has 2 amide bonds. The van der Waals surface area contributed by atoms with E-state index in [-0.39, 0.29) is 22.3 Å². The number of carbonyl (C=O) groups is 2. The molecule has 0 aromatic heterocycles. The molecule has 3 aromatic rings. The van der Waals surface area contributed by atoms with Gasteiger partial charge in [0.25, 0.3) is 11.8 Å². The van der Waals surface area contributed by atoms with E-state index in [9.17, 15) is 9.59 Å². The van der Waals surface area contributed by atoms with Crippen LogP contribution in [0.1, 0.15) is 52.6 Å². The van der Waals surface area contributed by atoms with Gasteiger partial charge < -0.3 is 10.6 Å². The summed E-state index contributed by atoms with van der Waals surface area (Å²) in [7, 11) is 0. The van der Waals surface area contributed by atoms with Crippen LogP contribution in [0.25, 0.3) is 0 Å². The molecule has 0 heterocycles. The molecule has 0 atom stereocenters. The Balaban J connectivity index is 1.56. The standard InChI is InChI=1S/C26H27N3O2S/c1-17-7-5-6-8-22(17)24(31)29-25(32)28-21-15-13-20(14-16-21)27-23(30)18-9-11-19(12-10-18)26(2,3)4/h5-16H,1-4H3,(H,27,30)(H2,28,29,31,32). The third-order valence-electron chi connectivity index (χ3n) is 5.03. The van der Waals surface area contributed by atoms with Crippen LogP contribution in [0.2, 0.25) is 0 Å². The van der Waals surface area contributed by atoms with Crippen molar-refractivity contribution in [3.8, 4) is 0 Å². The summed E-state index contributed by atoms with van der Waals surface area (Å²) in [5.74, 6) is -0.436. The lowest BCUT2D eigenvalue weighted by atomic mass is 9.87. The zero-order valence-electron chi connectivity index (χ0n) is 18.7. The fourth-order valence-electron chi connectivity index (χ4n) is 3.12. The Bertz CT molecular complexity index is 1130. The van der Waals surface area contributed by atoms with Gasteiger partial charge in [0, 0.05) is 22.5 Å². The van der Waals surface area contributed by atoms with Gasteiger partial charge in [0.2, 0.25) is 0 Å². The van der Waals surface area contributed by atoms with Crippen LogP contribution in [0.15, 0.2) is 72.8 Å². The minimum atomic E-state index is -0.262. The van der Waals surface area contributed by atoms with Crippen LogP contribution in [0, 0.1) is 6.92 Å². The zero-order chi connectivity index (χ0) is 23.3. The Morgan fingerprint density at radius 2 is 1.31 bits per heavy atom. The number of anilines is 2. The molecular weight excluding hydrogens is 418 g/mol. The van der Waals surface area contributed by atoms with E-state index in [1.807, 2.05) is 49.4 Å². The number of hydrogen-bond acceptors (Lipinski definition) is 3. The fraction of sp³-hybridized carbons (Fsp3) is 0.192. The molecule has 0 saturated carbocycles. The topological polar surface area (TPSA) is 70.2 Å². The molecule has 0 bridgehead atoms. The van der Waals surface area contributed by atoms with Gasteiger partial charge in [0.1, 0.15) is 0 Å². The smallest absolute Gasteiger partial charge is 0.257 e. The number of hydrogen-bond donors (Lipinski definition) is 3. The van der Waals surface area contributed by atoms with E-state index < -0.39 is 0 Å². The lowest BCUT2D eigenvalue weighted by molar-refractivity contribution is 0.0975. The molecule has 0 spiro atoms. The lowest BCUT2D eigenvalue weighted by Gasteiger charge is -2.19. The van der Waals surface area contributed by atoms with Crippen molar-refractivity contribution in [1.29, 1.82) is 0 Å². The normalized spacial score (nSPS) is 10.9. The van der Waals surface area contributed by atoms with Gasteiger partial charge >= 0.3 is 0 Å². The fourth-order valence-corrected chi connectivity index (χ4v) is 3.33. The van der Waals surface area contributed by atoms with E-state index in [2.05, 4.69) is 36.7 Å². The average molecular weight is 446 g/mol. The number of carbonyl (C=O) groups excluding carboxylic acids is 2. The van der Waals surface area contributed by atoms with Crippen molar-refractivity contribution in [3.05, 3.63) is 95.1 Å². The van der Waals surface area contributed by atoms with Crippen LogP contribution in [0.4, 0.5) is 11.4 Å². The Hall–Kier alpha value is -3.51. The van der Waals surface area contributed by atoms with Gasteiger partial charge in [-0.05, 0) is 78.1 Å². The van der Waals surface area contributed by atoms with Gasteiger partial charge in [-0.1, -0.05) is 51.1 Å². The molecule has 32 heavy (non-hydrogen) atoms. The second kappa shape index (κ2) is 9.75. The first-order valence-electron chi connectivity index (χ1n) is 10.3. The number of rotatable bonds is 4. The van der Waals surface area contributed by atoms with E-state index in [1.54, 1.807) is 30.3 Å². The van der Waals surface area contributed by atoms with Crippen LogP contribution in [0.3, 0.4) is 0 Å². The van der Waals surface area contributed by atoms with Gasteiger partial charge in [0.15, 0.2) is 5.11 Å². The van der Waals surface area contributed by atoms with E-state index in [1.165, 1.54) is 5.56 Å². The summed E-state index contributed by atoms with van der Waals surface area (Å²) in [5.41, 5.74) is 4.63. The minimum absolute atomic E-state index is 0.0395. The number of benzene rings is 3. The quantitative estimate of drug-likeness (QED) is 0.453. The maximum Gasteiger partial charge on any atom is 0.257 e. The molecule has 0 unspecified atom stereocenters. The van der Waals surface area contributed by atoms with Crippen LogP contribution < -0.4 is 16.0 Å². The molecular formula is C26H27N3O2S. The molecule has 3 aromatic carbocycles. The highest BCUT2D eigenvalue weighted by atomic mass is 32.1. The first-order chi connectivity index (χ1) is 15.1. The number of amides is 2. The molecule has 0 fully saturated rings. The molecule has 0 aliphatic carbocycles. The Morgan fingerprint density at radius 1 is 0.750 bits per heavy atom. The highest BCUT2D eigenvalue weighted by Crippen LogP contribution is 2.22. The molecule has 0 aliphatic rings. The van der Waals surface area contributed by atoms with E-state index in [4.69, 9.17) is 12.2 Å². The monoisotopic (exact) mass is 445 g/mol. The van der Waals surface area contributed by atoms with Gasteiger partial charge in [0.05, 0.1) is 0 Å². The Kier molecular flexibility index (Phi) is 7.05. The summed E-state index contributed by atoms with van der Waals surface area (Å²) in [6.07, 6.45) is 0. The second-order valence-corrected chi connectivity index (χ2v) is 8.99. The van der Waals surface area contributed by atoms with Gasteiger partial charge in [-0.25, -0.2) is 0 Å². The van der Waals surface area contributed by atoms with Crippen LogP contribution >= 0.6 is 12.2 Å². The van der Waals surface area contributed by atoms with Crippen LogP contribution in [0.5, 0.6) is 0 Å². The minimum Gasteiger partial charge on any atom is -0.332 e. The SMILES string of the molecule is Cc1ccccc1C(=O)NC(=S)Nc1ccc(NC(=O)c2ccc(C(C)(C)C)cc2)cc1. The second-order valence-electron chi connectivity index (χ2n) is 8.58. The largest absolute Gasteiger partial charge is 0.332 e. The molecule has 0 radical (unpaired) electrons. The third kappa shape index (κ3) is 6.02. The maximum atomic E-state index is 12.5. The van der Waals surface area contributed by atoms with Crippen molar-refractivity contribution in [2.24, 2.45) is 0 Å². The number of thiocarbonyl (C=S) groups is 1. The molecule has 6 heteroatoms. The van der Waals surface area contributed by atoms with Crippen LogP contribution in [-0.2, 0) is 5.41 Å². The molecule has 5 nitrogen and oxygen atoms in total. The highest BCUT2D eigenvalue weighted by Gasteiger charge is 2.14. The number of nitrogens with one attached hydrogen (secondary N) is 3. The first-order valence-corrected chi connectivity index (χ1v) is 10.7. The van der Waals surface area contributed by atoms with Crippen molar-refractivity contribution in [2.45, 2.75) is 33.1 Å². The molecule has 3 N–H and O–H groups in total. The van der Waals surface area contributed by atoms with Gasteiger partial charge in [-0.15, -0.1) is 0 Å². The average Bonchev–Trinajstić information content (AvgIpc) is 2.74. The van der Waals surface area contributed by atoms with Crippen molar-refractivity contribution >= 4 is 40.5 Å².